The van der Waals surface area contributed by atoms with Crippen LogP contribution in [0, 0.1) is 5.41 Å². The molecule has 0 atom stereocenters. The molecular weight excluding hydrogens is 182 g/mol. The molecule has 4 nitrogen and oxygen atoms in total. The van der Waals surface area contributed by atoms with E-state index in [1.54, 1.807) is 13.4 Å². The molecule has 1 fully saturated rings. The Morgan fingerprint density at radius 1 is 1.64 bits per heavy atom. The second-order valence-electron chi connectivity index (χ2n) is 4.22. The molecule has 1 aliphatic rings. The van der Waals surface area contributed by atoms with E-state index < -0.39 is 6.09 Å². The minimum atomic E-state index is -0.838. The van der Waals surface area contributed by atoms with Gasteiger partial charge in [0.25, 0.3) is 0 Å². The van der Waals surface area contributed by atoms with Gasteiger partial charge >= 0.3 is 6.09 Å². The van der Waals surface area contributed by atoms with Gasteiger partial charge in [-0.2, -0.15) is 0 Å². The van der Waals surface area contributed by atoms with Gasteiger partial charge in [0.2, 0.25) is 0 Å². The van der Waals surface area contributed by atoms with Crippen molar-refractivity contribution in [2.45, 2.75) is 20.3 Å². The molecule has 4 heteroatoms. The van der Waals surface area contributed by atoms with Crippen molar-refractivity contribution in [3.05, 3.63) is 11.8 Å². The molecule has 0 aromatic carbocycles. The fraction of sp³-hybridized carbons (Fsp3) is 0.700. The lowest BCUT2D eigenvalue weighted by Gasteiger charge is -2.38. The van der Waals surface area contributed by atoms with Crippen LogP contribution in [0.25, 0.3) is 0 Å². The molecule has 1 aliphatic heterocycles. The van der Waals surface area contributed by atoms with Gasteiger partial charge in [-0.15, -0.1) is 0 Å². The van der Waals surface area contributed by atoms with Crippen molar-refractivity contribution < 1.29 is 14.6 Å². The van der Waals surface area contributed by atoms with Crippen LogP contribution in [0.15, 0.2) is 11.8 Å². The van der Waals surface area contributed by atoms with Gasteiger partial charge in [0.1, 0.15) is 0 Å². The van der Waals surface area contributed by atoms with Gasteiger partial charge in [-0.05, 0) is 12.0 Å². The standard InChI is InChI=1S/C10H17NO3/c1-10(2)7-11(9(12)13)5-4-8(10)6-14-3/h6H,4-5,7H2,1-3H3,(H,12,13)/b8-6+. The fourth-order valence-electron chi connectivity index (χ4n) is 1.78. The van der Waals surface area contributed by atoms with Crippen molar-refractivity contribution >= 4 is 6.09 Å². The predicted octanol–water partition coefficient (Wildman–Crippen LogP) is 1.93. The fourth-order valence-corrected chi connectivity index (χ4v) is 1.78. The Labute approximate surface area is 84.2 Å². The SMILES string of the molecule is CO/C=C1\CCN(C(=O)O)CC1(C)C. The quantitative estimate of drug-likeness (QED) is 0.656. The van der Waals surface area contributed by atoms with Crippen LogP contribution >= 0.6 is 0 Å². The van der Waals surface area contributed by atoms with Crippen LogP contribution in [-0.2, 0) is 4.74 Å². The molecular formula is C10H17NO3. The second kappa shape index (κ2) is 3.90. The van der Waals surface area contributed by atoms with Crippen LogP contribution in [0.3, 0.4) is 0 Å². The molecule has 0 unspecified atom stereocenters. The largest absolute Gasteiger partial charge is 0.504 e. The zero-order valence-electron chi connectivity index (χ0n) is 8.91. The van der Waals surface area contributed by atoms with Crippen molar-refractivity contribution in [3.8, 4) is 0 Å². The first-order chi connectivity index (χ1) is 6.47. The number of amides is 1. The second-order valence-corrected chi connectivity index (χ2v) is 4.22. The molecule has 0 aromatic rings. The van der Waals surface area contributed by atoms with E-state index >= 15 is 0 Å². The van der Waals surface area contributed by atoms with E-state index in [1.807, 2.05) is 13.8 Å². The van der Waals surface area contributed by atoms with Crippen LogP contribution in [0.2, 0.25) is 0 Å². The Kier molecular flexibility index (Phi) is 3.03. The summed E-state index contributed by atoms with van der Waals surface area (Å²) in [4.78, 5) is 12.2. The lowest BCUT2D eigenvalue weighted by Crippen LogP contribution is -2.44. The van der Waals surface area contributed by atoms with Crippen molar-refractivity contribution in [1.82, 2.24) is 4.90 Å². The monoisotopic (exact) mass is 199 g/mol. The highest BCUT2D eigenvalue weighted by molar-refractivity contribution is 5.65. The number of hydrogen-bond donors (Lipinski definition) is 1. The van der Waals surface area contributed by atoms with E-state index in [1.165, 1.54) is 10.5 Å². The van der Waals surface area contributed by atoms with E-state index in [0.717, 1.165) is 6.42 Å². The molecule has 1 heterocycles. The summed E-state index contributed by atoms with van der Waals surface area (Å²) in [6.07, 6.45) is 1.65. The average Bonchev–Trinajstić information content (AvgIpc) is 2.08. The van der Waals surface area contributed by atoms with Crippen LogP contribution in [0.5, 0.6) is 0 Å². The Morgan fingerprint density at radius 3 is 2.71 bits per heavy atom. The molecule has 0 bridgehead atoms. The third-order valence-electron chi connectivity index (χ3n) is 2.64. The van der Waals surface area contributed by atoms with Gasteiger partial charge in [-0.25, -0.2) is 4.79 Å². The maximum absolute atomic E-state index is 10.8. The molecule has 0 aliphatic carbocycles. The van der Waals surface area contributed by atoms with Crippen molar-refractivity contribution in [1.29, 1.82) is 0 Å². The first kappa shape index (κ1) is 10.9. The number of ether oxygens (including phenoxy) is 1. The van der Waals surface area contributed by atoms with Crippen molar-refractivity contribution in [2.24, 2.45) is 5.41 Å². The average molecular weight is 199 g/mol. The number of nitrogens with zero attached hydrogens (tertiary/aromatic N) is 1. The number of hydrogen-bond acceptors (Lipinski definition) is 2. The molecule has 0 spiro atoms. The number of likely N-dealkylation sites (tertiary alicyclic amines) is 1. The third kappa shape index (κ3) is 2.19. The number of carbonyl (C=O) groups is 1. The summed E-state index contributed by atoms with van der Waals surface area (Å²) in [5.74, 6) is 0. The predicted molar refractivity (Wildman–Crippen MR) is 53.1 cm³/mol. The highest BCUT2D eigenvalue weighted by atomic mass is 16.5. The zero-order chi connectivity index (χ0) is 10.8. The van der Waals surface area contributed by atoms with Crippen molar-refractivity contribution in [2.75, 3.05) is 20.2 Å². The zero-order valence-corrected chi connectivity index (χ0v) is 8.91. The Morgan fingerprint density at radius 2 is 2.29 bits per heavy atom. The number of carboxylic acid groups (broad SMARTS) is 1. The van der Waals surface area contributed by atoms with E-state index in [0.29, 0.717) is 13.1 Å². The maximum Gasteiger partial charge on any atom is 0.407 e. The number of methoxy groups -OCH3 is 1. The lowest BCUT2D eigenvalue weighted by molar-refractivity contribution is 0.115. The van der Waals surface area contributed by atoms with E-state index in [4.69, 9.17) is 9.84 Å². The Hall–Kier alpha value is -1.19. The molecule has 14 heavy (non-hydrogen) atoms. The summed E-state index contributed by atoms with van der Waals surface area (Å²) in [6, 6.07) is 0. The smallest absolute Gasteiger partial charge is 0.407 e. The third-order valence-corrected chi connectivity index (χ3v) is 2.64. The van der Waals surface area contributed by atoms with Gasteiger partial charge in [-0.1, -0.05) is 13.8 Å². The summed E-state index contributed by atoms with van der Waals surface area (Å²) in [6.45, 7) is 5.17. The van der Waals surface area contributed by atoms with Gasteiger partial charge < -0.3 is 14.7 Å². The molecule has 1 amide bonds. The van der Waals surface area contributed by atoms with E-state index in [2.05, 4.69) is 0 Å². The summed E-state index contributed by atoms with van der Waals surface area (Å²) in [7, 11) is 1.62. The van der Waals surface area contributed by atoms with Crippen LogP contribution < -0.4 is 0 Å². The Balaban J connectivity index is 2.75. The number of rotatable bonds is 1. The summed E-state index contributed by atoms with van der Waals surface area (Å²) in [5, 5.41) is 8.86. The van der Waals surface area contributed by atoms with Crippen LogP contribution in [0.4, 0.5) is 4.79 Å². The van der Waals surface area contributed by atoms with Gasteiger partial charge in [0, 0.05) is 18.5 Å². The lowest BCUT2D eigenvalue weighted by atomic mass is 9.80. The molecule has 0 saturated carbocycles. The van der Waals surface area contributed by atoms with Crippen LogP contribution in [-0.4, -0.2) is 36.3 Å². The molecule has 80 valence electrons. The summed E-state index contributed by atoms with van der Waals surface area (Å²) >= 11 is 0. The van der Waals surface area contributed by atoms with Crippen molar-refractivity contribution in [3.63, 3.8) is 0 Å². The first-order valence-corrected chi connectivity index (χ1v) is 4.67. The topological polar surface area (TPSA) is 49.8 Å². The highest BCUT2D eigenvalue weighted by Crippen LogP contribution is 2.34. The highest BCUT2D eigenvalue weighted by Gasteiger charge is 2.33. The molecule has 1 N–H and O–H groups in total. The molecule has 0 radical (unpaired) electrons. The first-order valence-electron chi connectivity index (χ1n) is 4.67. The minimum absolute atomic E-state index is 0.118. The maximum atomic E-state index is 10.8. The van der Waals surface area contributed by atoms with E-state index in [9.17, 15) is 4.79 Å². The van der Waals surface area contributed by atoms with Gasteiger partial charge in [-0.3, -0.25) is 0 Å². The summed E-state index contributed by atoms with van der Waals surface area (Å²) in [5.41, 5.74) is 1.06. The molecule has 0 aromatic heterocycles. The normalized spacial score (nSPS) is 23.6. The number of piperidine rings is 1. The van der Waals surface area contributed by atoms with Gasteiger partial charge in [0.05, 0.1) is 13.4 Å². The van der Waals surface area contributed by atoms with E-state index in [-0.39, 0.29) is 5.41 Å². The molecule has 1 saturated heterocycles. The minimum Gasteiger partial charge on any atom is -0.504 e. The van der Waals surface area contributed by atoms with Crippen LogP contribution in [0.1, 0.15) is 20.3 Å². The Bertz CT molecular complexity index is 258. The van der Waals surface area contributed by atoms with Gasteiger partial charge in [0.15, 0.2) is 0 Å². The molecule has 1 rings (SSSR count). The summed E-state index contributed by atoms with van der Waals surface area (Å²) < 4.78 is 4.98.